The van der Waals surface area contributed by atoms with Crippen LogP contribution in [0.5, 0.6) is 5.75 Å². The molecule has 2 heterocycles. The van der Waals surface area contributed by atoms with Crippen molar-refractivity contribution in [2.75, 3.05) is 13.2 Å². The average Bonchev–Trinajstić information content (AvgIpc) is 2.96. The molecule has 1 atom stereocenters. The largest absolute Gasteiger partial charge is 0.494 e. The van der Waals surface area contributed by atoms with Gasteiger partial charge in [-0.25, -0.2) is 4.98 Å². The molecule has 19 heavy (non-hydrogen) atoms. The van der Waals surface area contributed by atoms with E-state index >= 15 is 0 Å². The highest BCUT2D eigenvalue weighted by Crippen LogP contribution is 2.29. The van der Waals surface area contributed by atoms with Crippen LogP contribution in [0, 0.1) is 0 Å². The fourth-order valence-corrected chi connectivity index (χ4v) is 2.96. The summed E-state index contributed by atoms with van der Waals surface area (Å²) in [5.41, 5.74) is 1.79. The maximum Gasteiger partial charge on any atom is 0.319 e. The molecule has 0 radical (unpaired) electrons. The van der Waals surface area contributed by atoms with E-state index in [1.54, 1.807) is 0 Å². The summed E-state index contributed by atoms with van der Waals surface area (Å²) in [5.74, 6) is 0.663. The Morgan fingerprint density at radius 2 is 2.47 bits per heavy atom. The number of carbonyl (C=O) groups is 1. The van der Waals surface area contributed by atoms with E-state index in [1.165, 1.54) is 11.8 Å². The number of cyclic esters (lactones) is 1. The summed E-state index contributed by atoms with van der Waals surface area (Å²) in [7, 11) is 0. The van der Waals surface area contributed by atoms with Gasteiger partial charge in [0.05, 0.1) is 24.2 Å². The molecule has 0 bridgehead atoms. The number of nitrogens with one attached hydrogen (secondary N) is 1. The number of thioether (sulfide) groups is 1. The lowest BCUT2D eigenvalue weighted by molar-refractivity contribution is -0.137. The summed E-state index contributed by atoms with van der Waals surface area (Å²) in [6, 6.07) is 5.72. The molecule has 2 aromatic rings. The molecular weight excluding hydrogens is 264 g/mol. The van der Waals surface area contributed by atoms with Gasteiger partial charge in [-0.15, -0.1) is 0 Å². The molecule has 0 aliphatic carbocycles. The van der Waals surface area contributed by atoms with Crippen molar-refractivity contribution in [1.29, 1.82) is 0 Å². The highest BCUT2D eigenvalue weighted by molar-refractivity contribution is 8.00. The first-order valence-electron chi connectivity index (χ1n) is 6.22. The SMILES string of the molecule is CCOc1ccc2nc(S[C@@H]3CCOC3=O)[nH]c2c1. The van der Waals surface area contributed by atoms with E-state index in [4.69, 9.17) is 9.47 Å². The second-order valence-corrected chi connectivity index (χ2v) is 5.41. The molecule has 1 aromatic carbocycles. The van der Waals surface area contributed by atoms with Crippen molar-refractivity contribution in [2.24, 2.45) is 0 Å². The first-order valence-corrected chi connectivity index (χ1v) is 7.10. The van der Waals surface area contributed by atoms with Crippen molar-refractivity contribution < 1.29 is 14.3 Å². The fraction of sp³-hybridized carbons (Fsp3) is 0.385. The van der Waals surface area contributed by atoms with Crippen LogP contribution >= 0.6 is 11.8 Å². The first-order chi connectivity index (χ1) is 9.26. The van der Waals surface area contributed by atoms with Gasteiger partial charge in [0, 0.05) is 12.5 Å². The molecule has 0 spiro atoms. The normalized spacial score (nSPS) is 18.8. The zero-order chi connectivity index (χ0) is 13.2. The van der Waals surface area contributed by atoms with Crippen LogP contribution in [0.4, 0.5) is 0 Å². The molecule has 1 aromatic heterocycles. The summed E-state index contributed by atoms with van der Waals surface area (Å²) in [5, 5.41) is 0.597. The Balaban J connectivity index is 1.82. The maximum absolute atomic E-state index is 11.4. The van der Waals surface area contributed by atoms with Crippen LogP contribution in [0.3, 0.4) is 0 Å². The van der Waals surface area contributed by atoms with E-state index in [0.29, 0.717) is 13.2 Å². The van der Waals surface area contributed by atoms with Gasteiger partial charge in [0.2, 0.25) is 0 Å². The number of fused-ring (bicyclic) bond motifs is 1. The average molecular weight is 278 g/mol. The zero-order valence-electron chi connectivity index (χ0n) is 10.5. The number of rotatable bonds is 4. The Morgan fingerprint density at radius 3 is 3.21 bits per heavy atom. The first kappa shape index (κ1) is 12.3. The van der Waals surface area contributed by atoms with Gasteiger partial charge in [-0.1, -0.05) is 11.8 Å². The highest BCUT2D eigenvalue weighted by atomic mass is 32.2. The number of hydrogen-bond donors (Lipinski definition) is 1. The van der Waals surface area contributed by atoms with Gasteiger partial charge < -0.3 is 14.5 Å². The van der Waals surface area contributed by atoms with Gasteiger partial charge in [-0.3, -0.25) is 4.79 Å². The number of nitrogens with zero attached hydrogens (tertiary/aromatic N) is 1. The van der Waals surface area contributed by atoms with Crippen molar-refractivity contribution in [3.05, 3.63) is 18.2 Å². The quantitative estimate of drug-likeness (QED) is 0.870. The molecule has 3 rings (SSSR count). The summed E-state index contributed by atoms with van der Waals surface area (Å²) in [4.78, 5) is 19.1. The fourth-order valence-electron chi connectivity index (χ4n) is 2.00. The van der Waals surface area contributed by atoms with Crippen molar-refractivity contribution >= 4 is 28.8 Å². The van der Waals surface area contributed by atoms with Crippen molar-refractivity contribution in [2.45, 2.75) is 23.8 Å². The van der Waals surface area contributed by atoms with Crippen molar-refractivity contribution in [3.8, 4) is 5.75 Å². The Labute approximate surface area is 114 Å². The molecule has 100 valence electrons. The minimum absolute atomic E-state index is 0.146. The minimum Gasteiger partial charge on any atom is -0.494 e. The summed E-state index contributed by atoms with van der Waals surface area (Å²) in [6.45, 7) is 3.09. The highest BCUT2D eigenvalue weighted by Gasteiger charge is 2.28. The number of benzene rings is 1. The number of esters is 1. The van der Waals surface area contributed by atoms with Crippen LogP contribution in [-0.2, 0) is 9.53 Å². The summed E-state index contributed by atoms with van der Waals surface area (Å²) >= 11 is 1.42. The number of ether oxygens (including phenoxy) is 2. The molecule has 1 N–H and O–H groups in total. The van der Waals surface area contributed by atoms with Crippen LogP contribution in [0.2, 0.25) is 0 Å². The molecule has 0 amide bonds. The zero-order valence-corrected chi connectivity index (χ0v) is 11.3. The predicted octanol–water partition coefficient (Wildman–Crippen LogP) is 2.37. The minimum atomic E-state index is -0.152. The Hall–Kier alpha value is -1.69. The van der Waals surface area contributed by atoms with E-state index < -0.39 is 0 Å². The molecule has 1 saturated heterocycles. The van der Waals surface area contributed by atoms with Gasteiger partial charge >= 0.3 is 5.97 Å². The number of aromatic nitrogens is 2. The van der Waals surface area contributed by atoms with E-state index in [0.717, 1.165) is 28.4 Å². The predicted molar refractivity (Wildman–Crippen MR) is 72.5 cm³/mol. The Kier molecular flexibility index (Phi) is 3.33. The van der Waals surface area contributed by atoms with Crippen molar-refractivity contribution in [3.63, 3.8) is 0 Å². The number of H-pyrrole nitrogens is 1. The molecule has 0 saturated carbocycles. The van der Waals surface area contributed by atoms with Crippen molar-refractivity contribution in [1.82, 2.24) is 9.97 Å². The van der Waals surface area contributed by atoms with E-state index in [-0.39, 0.29) is 11.2 Å². The molecule has 6 heteroatoms. The smallest absolute Gasteiger partial charge is 0.319 e. The van der Waals surface area contributed by atoms with Crippen LogP contribution in [0.25, 0.3) is 11.0 Å². The van der Waals surface area contributed by atoms with Crippen LogP contribution < -0.4 is 4.74 Å². The van der Waals surface area contributed by atoms with Gasteiger partial charge in [0.1, 0.15) is 11.0 Å². The topological polar surface area (TPSA) is 64.2 Å². The number of aromatic amines is 1. The molecular formula is C13H14N2O3S. The second-order valence-electron chi connectivity index (χ2n) is 4.22. The lowest BCUT2D eigenvalue weighted by Gasteiger charge is -2.01. The summed E-state index contributed by atoms with van der Waals surface area (Å²) < 4.78 is 10.4. The lowest BCUT2D eigenvalue weighted by atomic mass is 10.3. The molecule has 0 unspecified atom stereocenters. The van der Waals surface area contributed by atoms with E-state index in [9.17, 15) is 4.79 Å². The molecule has 1 fully saturated rings. The summed E-state index contributed by atoms with van der Waals surface area (Å²) in [6.07, 6.45) is 0.741. The third kappa shape index (κ3) is 2.53. The van der Waals surface area contributed by atoms with Gasteiger partial charge in [-0.2, -0.15) is 0 Å². The van der Waals surface area contributed by atoms with Gasteiger partial charge in [0.25, 0.3) is 0 Å². The maximum atomic E-state index is 11.4. The lowest BCUT2D eigenvalue weighted by Crippen LogP contribution is -2.09. The van der Waals surface area contributed by atoms with E-state index in [1.807, 2.05) is 25.1 Å². The standard InChI is InChI=1S/C13H14N2O3S/c1-2-17-8-3-4-9-10(7-8)15-13(14-9)19-11-5-6-18-12(11)16/h3-4,7,11H,2,5-6H2,1H3,(H,14,15)/t11-/m1/s1. The number of hydrogen-bond acceptors (Lipinski definition) is 5. The molecule has 1 aliphatic heterocycles. The van der Waals surface area contributed by atoms with Crippen LogP contribution in [-0.4, -0.2) is 34.4 Å². The number of imidazole rings is 1. The Bertz CT molecular complexity index is 611. The number of carbonyl (C=O) groups excluding carboxylic acids is 1. The molecule has 5 nitrogen and oxygen atoms in total. The third-order valence-electron chi connectivity index (χ3n) is 2.88. The second kappa shape index (κ2) is 5.13. The van der Waals surface area contributed by atoms with Crippen LogP contribution in [0.1, 0.15) is 13.3 Å². The van der Waals surface area contributed by atoms with Gasteiger partial charge in [0.15, 0.2) is 5.16 Å². The van der Waals surface area contributed by atoms with Gasteiger partial charge in [-0.05, 0) is 19.1 Å². The van der Waals surface area contributed by atoms with E-state index in [2.05, 4.69) is 9.97 Å². The Morgan fingerprint density at radius 1 is 1.58 bits per heavy atom. The van der Waals surface area contributed by atoms with Crippen LogP contribution in [0.15, 0.2) is 23.4 Å². The third-order valence-corrected chi connectivity index (χ3v) is 4.01. The molecule has 1 aliphatic rings. The monoisotopic (exact) mass is 278 g/mol.